The van der Waals surface area contributed by atoms with Crippen LogP contribution in [-0.4, -0.2) is 29.7 Å². The van der Waals surface area contributed by atoms with Gasteiger partial charge in [0.15, 0.2) is 0 Å². The summed E-state index contributed by atoms with van der Waals surface area (Å²) in [5.74, 6) is -0.000968. The Bertz CT molecular complexity index is 379. The second-order valence-electron chi connectivity index (χ2n) is 5.17. The third-order valence-corrected chi connectivity index (χ3v) is 3.25. The molecule has 1 unspecified atom stereocenters. The Hall–Kier alpha value is -1.39. The number of carbonyl (C=O) groups excluding carboxylic acids is 1. The number of carbonyl (C=O) groups is 1. The van der Waals surface area contributed by atoms with Gasteiger partial charge in [0.1, 0.15) is 0 Å². The maximum Gasteiger partial charge on any atom is 0.237 e. The monoisotopic (exact) mass is 264 g/mol. The van der Waals surface area contributed by atoms with Gasteiger partial charge >= 0.3 is 0 Å². The molecule has 4 N–H and O–H groups in total. The van der Waals surface area contributed by atoms with Crippen molar-refractivity contribution in [1.29, 1.82) is 0 Å². The molecule has 1 amide bonds. The van der Waals surface area contributed by atoms with E-state index in [9.17, 15) is 9.90 Å². The van der Waals surface area contributed by atoms with Crippen LogP contribution < -0.4 is 11.1 Å². The average Bonchev–Trinajstić information content (AvgIpc) is 2.42. The molecule has 0 fully saturated rings. The number of aliphatic hydroxyl groups excluding tert-OH is 1. The van der Waals surface area contributed by atoms with Crippen LogP contribution in [0.25, 0.3) is 0 Å². The number of rotatable bonds is 7. The summed E-state index contributed by atoms with van der Waals surface area (Å²) in [4.78, 5) is 11.9. The summed E-state index contributed by atoms with van der Waals surface area (Å²) in [6.45, 7) is 3.85. The number of aryl methyl sites for hydroxylation is 1. The molecule has 0 aromatic heterocycles. The Morgan fingerprint density at radius 3 is 2.47 bits per heavy atom. The molecule has 1 rings (SSSR count). The van der Waals surface area contributed by atoms with Crippen molar-refractivity contribution in [3.63, 3.8) is 0 Å². The molecule has 0 spiro atoms. The number of nitrogens with one attached hydrogen (secondary N) is 1. The second kappa shape index (κ2) is 7.92. The highest BCUT2D eigenvalue weighted by molar-refractivity contribution is 5.81. The predicted molar refractivity (Wildman–Crippen MR) is 76.6 cm³/mol. The van der Waals surface area contributed by atoms with Gasteiger partial charge in [-0.2, -0.15) is 0 Å². The zero-order chi connectivity index (χ0) is 14.3. The van der Waals surface area contributed by atoms with Gasteiger partial charge in [-0.05, 0) is 24.3 Å². The van der Waals surface area contributed by atoms with Crippen LogP contribution in [0.3, 0.4) is 0 Å². The van der Waals surface area contributed by atoms with E-state index in [2.05, 4.69) is 5.32 Å². The van der Waals surface area contributed by atoms with Crippen LogP contribution in [0.2, 0.25) is 0 Å². The molecule has 0 saturated carbocycles. The van der Waals surface area contributed by atoms with Crippen LogP contribution in [0, 0.1) is 5.92 Å². The van der Waals surface area contributed by atoms with E-state index >= 15 is 0 Å². The second-order valence-corrected chi connectivity index (χ2v) is 5.17. The maximum atomic E-state index is 11.9. The van der Waals surface area contributed by atoms with Crippen molar-refractivity contribution in [1.82, 2.24) is 5.32 Å². The van der Waals surface area contributed by atoms with Gasteiger partial charge in [-0.25, -0.2) is 0 Å². The highest BCUT2D eigenvalue weighted by Crippen LogP contribution is 2.05. The van der Waals surface area contributed by atoms with Crippen LogP contribution in [0.1, 0.15) is 25.8 Å². The molecular formula is C15H24N2O2. The number of amides is 1. The number of aliphatic hydroxyl groups is 1. The number of hydrogen-bond donors (Lipinski definition) is 3. The minimum Gasteiger partial charge on any atom is -0.394 e. The lowest BCUT2D eigenvalue weighted by molar-refractivity contribution is -0.123. The number of nitrogens with two attached hydrogens (primary N) is 1. The van der Waals surface area contributed by atoms with E-state index in [0.717, 1.165) is 6.42 Å². The summed E-state index contributed by atoms with van der Waals surface area (Å²) in [6, 6.07) is 9.20. The lowest BCUT2D eigenvalue weighted by Crippen LogP contribution is -2.48. The van der Waals surface area contributed by atoms with E-state index in [1.165, 1.54) is 5.56 Å². The van der Waals surface area contributed by atoms with Crippen LogP contribution in [0.4, 0.5) is 0 Å². The molecular weight excluding hydrogens is 240 g/mol. The molecule has 1 aromatic carbocycles. The largest absolute Gasteiger partial charge is 0.394 e. The van der Waals surface area contributed by atoms with Crippen molar-refractivity contribution in [3.05, 3.63) is 35.9 Å². The Kier molecular flexibility index (Phi) is 6.53. The molecule has 106 valence electrons. The Morgan fingerprint density at radius 1 is 1.32 bits per heavy atom. The first kappa shape index (κ1) is 15.7. The van der Waals surface area contributed by atoms with E-state index in [4.69, 9.17) is 5.73 Å². The lowest BCUT2D eigenvalue weighted by Gasteiger charge is -2.22. The summed E-state index contributed by atoms with van der Waals surface area (Å²) in [7, 11) is 0. The first-order valence-corrected chi connectivity index (χ1v) is 6.75. The molecule has 0 aliphatic carbocycles. The van der Waals surface area contributed by atoms with Gasteiger partial charge in [-0.3, -0.25) is 4.79 Å². The molecule has 4 heteroatoms. The number of hydrogen-bond acceptors (Lipinski definition) is 3. The fraction of sp³-hybridized carbons (Fsp3) is 0.533. The summed E-state index contributed by atoms with van der Waals surface area (Å²) in [6.07, 6.45) is 1.38. The van der Waals surface area contributed by atoms with Crippen molar-refractivity contribution in [2.24, 2.45) is 11.7 Å². The Balaban J connectivity index is 2.40. The molecule has 19 heavy (non-hydrogen) atoms. The Morgan fingerprint density at radius 2 is 1.95 bits per heavy atom. The molecule has 0 aliphatic rings. The SMILES string of the molecule is CC(C)C(CO)NC(=O)[C@@H](N)CCc1ccccc1. The van der Waals surface area contributed by atoms with E-state index in [-0.39, 0.29) is 24.5 Å². The summed E-state index contributed by atoms with van der Waals surface area (Å²) in [5.41, 5.74) is 7.05. The molecule has 1 aromatic rings. The fourth-order valence-corrected chi connectivity index (χ4v) is 1.81. The standard InChI is InChI=1S/C15H24N2O2/c1-11(2)14(10-18)17-15(19)13(16)9-8-12-6-4-3-5-7-12/h3-7,11,13-14,18H,8-10,16H2,1-2H3,(H,17,19)/t13-,14?/m0/s1. The van der Waals surface area contributed by atoms with E-state index < -0.39 is 6.04 Å². The van der Waals surface area contributed by atoms with Crippen LogP contribution in [0.5, 0.6) is 0 Å². The topological polar surface area (TPSA) is 75.3 Å². The molecule has 0 saturated heterocycles. The summed E-state index contributed by atoms with van der Waals surface area (Å²) >= 11 is 0. The zero-order valence-electron chi connectivity index (χ0n) is 11.7. The van der Waals surface area contributed by atoms with Gasteiger partial charge in [0.05, 0.1) is 18.7 Å². The van der Waals surface area contributed by atoms with Gasteiger partial charge in [-0.1, -0.05) is 44.2 Å². The highest BCUT2D eigenvalue weighted by atomic mass is 16.3. The third-order valence-electron chi connectivity index (χ3n) is 3.25. The van der Waals surface area contributed by atoms with Crippen molar-refractivity contribution in [2.45, 2.75) is 38.8 Å². The van der Waals surface area contributed by atoms with Crippen molar-refractivity contribution >= 4 is 5.91 Å². The highest BCUT2D eigenvalue weighted by Gasteiger charge is 2.19. The van der Waals surface area contributed by atoms with Gasteiger partial charge < -0.3 is 16.2 Å². The normalized spacial score (nSPS) is 14.2. The maximum absolute atomic E-state index is 11.9. The molecule has 0 radical (unpaired) electrons. The average molecular weight is 264 g/mol. The van der Waals surface area contributed by atoms with Crippen molar-refractivity contribution in [2.75, 3.05) is 6.61 Å². The first-order valence-electron chi connectivity index (χ1n) is 6.75. The smallest absolute Gasteiger partial charge is 0.237 e. The fourth-order valence-electron chi connectivity index (χ4n) is 1.81. The van der Waals surface area contributed by atoms with Gasteiger partial charge in [0.25, 0.3) is 0 Å². The molecule has 2 atom stereocenters. The van der Waals surface area contributed by atoms with E-state index in [1.807, 2.05) is 44.2 Å². The van der Waals surface area contributed by atoms with Crippen molar-refractivity contribution in [3.8, 4) is 0 Å². The van der Waals surface area contributed by atoms with Gasteiger partial charge in [-0.15, -0.1) is 0 Å². The van der Waals surface area contributed by atoms with Crippen molar-refractivity contribution < 1.29 is 9.90 Å². The van der Waals surface area contributed by atoms with Crippen LogP contribution in [-0.2, 0) is 11.2 Å². The molecule has 0 heterocycles. The van der Waals surface area contributed by atoms with Gasteiger partial charge in [0.2, 0.25) is 5.91 Å². The number of benzene rings is 1. The summed E-state index contributed by atoms with van der Waals surface area (Å²) < 4.78 is 0. The van der Waals surface area contributed by atoms with E-state index in [0.29, 0.717) is 6.42 Å². The van der Waals surface area contributed by atoms with Gasteiger partial charge in [0, 0.05) is 0 Å². The zero-order valence-corrected chi connectivity index (χ0v) is 11.7. The lowest BCUT2D eigenvalue weighted by atomic mass is 10.0. The third kappa shape index (κ3) is 5.41. The Labute approximate surface area is 115 Å². The molecule has 0 bridgehead atoms. The van der Waals surface area contributed by atoms with Crippen LogP contribution >= 0.6 is 0 Å². The summed E-state index contributed by atoms with van der Waals surface area (Å²) in [5, 5.41) is 12.0. The van der Waals surface area contributed by atoms with Crippen LogP contribution in [0.15, 0.2) is 30.3 Å². The minimum absolute atomic E-state index is 0.0607. The molecule has 0 aliphatic heterocycles. The minimum atomic E-state index is -0.534. The first-order chi connectivity index (χ1) is 9.04. The quantitative estimate of drug-likeness (QED) is 0.690. The predicted octanol–water partition coefficient (Wildman–Crippen LogP) is 1.08. The molecule has 4 nitrogen and oxygen atoms in total. The van der Waals surface area contributed by atoms with E-state index in [1.54, 1.807) is 0 Å².